The molecule has 9 heteroatoms. The number of hydrogen-bond acceptors (Lipinski definition) is 7. The van der Waals surface area contributed by atoms with Crippen LogP contribution in [0.4, 0.5) is 0 Å². The van der Waals surface area contributed by atoms with Crippen LogP contribution in [0.25, 0.3) is 11.3 Å². The summed E-state index contributed by atoms with van der Waals surface area (Å²) in [6.45, 7) is 2.55. The van der Waals surface area contributed by atoms with E-state index in [0.29, 0.717) is 29.6 Å². The third-order valence-corrected chi connectivity index (χ3v) is 5.55. The number of aryl methyl sites for hydroxylation is 1. The summed E-state index contributed by atoms with van der Waals surface area (Å²) in [4.78, 5) is 15.2. The Bertz CT molecular complexity index is 1050. The number of hydrogen-bond donors (Lipinski definition) is 1. The van der Waals surface area contributed by atoms with Crippen LogP contribution in [0.3, 0.4) is 0 Å². The minimum absolute atomic E-state index is 0.0195. The zero-order valence-electron chi connectivity index (χ0n) is 18.1. The van der Waals surface area contributed by atoms with Crippen LogP contribution in [0, 0.1) is 6.92 Å². The van der Waals surface area contributed by atoms with Crippen LogP contribution in [0.5, 0.6) is 17.2 Å². The summed E-state index contributed by atoms with van der Waals surface area (Å²) >= 11 is 0. The fraction of sp³-hybridized carbons (Fsp3) is 0.409. The molecule has 4 rings (SSSR count). The van der Waals surface area contributed by atoms with Crippen LogP contribution in [0.1, 0.15) is 35.8 Å². The van der Waals surface area contributed by atoms with E-state index in [9.17, 15) is 4.79 Å². The van der Waals surface area contributed by atoms with Crippen molar-refractivity contribution >= 4 is 5.91 Å². The topological polar surface area (TPSA) is 103 Å². The second-order valence-electron chi connectivity index (χ2n) is 7.49. The van der Waals surface area contributed by atoms with Crippen molar-refractivity contribution in [3.8, 4) is 28.6 Å². The molecule has 1 saturated heterocycles. The van der Waals surface area contributed by atoms with Gasteiger partial charge in [-0.3, -0.25) is 9.89 Å². The summed E-state index contributed by atoms with van der Waals surface area (Å²) < 4.78 is 21.6. The molecule has 1 fully saturated rings. The zero-order valence-corrected chi connectivity index (χ0v) is 18.1. The molecular weight excluding hydrogens is 400 g/mol. The molecular formula is C22H26N4O5. The lowest BCUT2D eigenvalue weighted by Crippen LogP contribution is -2.32. The molecule has 0 unspecified atom stereocenters. The second-order valence-corrected chi connectivity index (χ2v) is 7.49. The van der Waals surface area contributed by atoms with Crippen LogP contribution in [0.2, 0.25) is 0 Å². The Morgan fingerprint density at radius 2 is 1.94 bits per heavy atom. The smallest absolute Gasteiger partial charge is 0.227 e. The maximum atomic E-state index is 13.3. The number of aromatic amines is 1. The van der Waals surface area contributed by atoms with E-state index >= 15 is 0 Å². The number of aromatic nitrogens is 3. The van der Waals surface area contributed by atoms with Crippen molar-refractivity contribution in [1.82, 2.24) is 20.3 Å². The highest BCUT2D eigenvalue weighted by Gasteiger charge is 2.33. The van der Waals surface area contributed by atoms with Gasteiger partial charge in [0.2, 0.25) is 11.7 Å². The van der Waals surface area contributed by atoms with Crippen molar-refractivity contribution in [1.29, 1.82) is 0 Å². The van der Waals surface area contributed by atoms with Gasteiger partial charge in [-0.25, -0.2) is 0 Å². The maximum absolute atomic E-state index is 13.3. The quantitative estimate of drug-likeness (QED) is 0.618. The van der Waals surface area contributed by atoms with Crippen molar-refractivity contribution in [2.75, 3.05) is 27.9 Å². The minimum atomic E-state index is -0.0996. The molecule has 0 radical (unpaired) electrons. The van der Waals surface area contributed by atoms with Gasteiger partial charge < -0.3 is 23.6 Å². The SMILES string of the molecule is COc1cc(CC(=O)N2CCC[C@@H]2c2[nH]ncc2-c2cc(C)no2)cc(OC)c1OC. The fourth-order valence-corrected chi connectivity index (χ4v) is 4.12. The molecule has 1 N–H and O–H groups in total. The van der Waals surface area contributed by atoms with E-state index < -0.39 is 0 Å². The highest BCUT2D eigenvalue weighted by atomic mass is 16.5. The van der Waals surface area contributed by atoms with Gasteiger partial charge in [0.15, 0.2) is 17.3 Å². The normalized spacial score (nSPS) is 15.9. The maximum Gasteiger partial charge on any atom is 0.227 e. The number of ether oxygens (including phenoxy) is 3. The van der Waals surface area contributed by atoms with Crippen molar-refractivity contribution in [2.24, 2.45) is 0 Å². The van der Waals surface area contributed by atoms with Crippen LogP contribution in [-0.2, 0) is 11.2 Å². The molecule has 1 aliphatic heterocycles. The molecule has 3 heterocycles. The van der Waals surface area contributed by atoms with Crippen molar-refractivity contribution < 1.29 is 23.5 Å². The molecule has 0 saturated carbocycles. The summed E-state index contributed by atoms with van der Waals surface area (Å²) in [5.41, 5.74) is 3.29. The molecule has 1 atom stereocenters. The summed E-state index contributed by atoms with van der Waals surface area (Å²) in [6.07, 6.45) is 3.70. The lowest BCUT2D eigenvalue weighted by Gasteiger charge is -2.25. The van der Waals surface area contributed by atoms with Crippen molar-refractivity contribution in [2.45, 2.75) is 32.2 Å². The number of carbonyl (C=O) groups is 1. The average molecular weight is 426 g/mol. The molecule has 31 heavy (non-hydrogen) atoms. The minimum Gasteiger partial charge on any atom is -0.493 e. The molecule has 0 bridgehead atoms. The standard InChI is InChI=1S/C22H26N4O5/c1-13-8-17(31-25-13)15-12-23-24-21(15)16-6-5-7-26(16)20(27)11-14-9-18(28-2)22(30-4)19(10-14)29-3/h8-10,12,16H,5-7,11H2,1-4H3,(H,23,24)/t16-/m1/s1. The largest absolute Gasteiger partial charge is 0.493 e. The van der Waals surface area contributed by atoms with Gasteiger partial charge >= 0.3 is 0 Å². The van der Waals surface area contributed by atoms with Crippen LogP contribution >= 0.6 is 0 Å². The molecule has 3 aromatic rings. The Hall–Kier alpha value is -3.49. The van der Waals surface area contributed by atoms with E-state index in [4.69, 9.17) is 18.7 Å². The third-order valence-electron chi connectivity index (χ3n) is 5.55. The van der Waals surface area contributed by atoms with Gasteiger partial charge in [-0.05, 0) is 37.5 Å². The molecule has 1 aromatic carbocycles. The Morgan fingerprint density at radius 1 is 1.19 bits per heavy atom. The third kappa shape index (κ3) is 3.95. The Labute approximate surface area is 180 Å². The number of H-pyrrole nitrogens is 1. The average Bonchev–Trinajstić information content (AvgIpc) is 3.52. The van der Waals surface area contributed by atoms with E-state index in [2.05, 4.69) is 15.4 Å². The highest BCUT2D eigenvalue weighted by molar-refractivity contribution is 5.80. The predicted molar refractivity (Wildman–Crippen MR) is 112 cm³/mol. The van der Waals surface area contributed by atoms with Gasteiger partial charge in [-0.15, -0.1) is 0 Å². The Kier molecular flexibility index (Phi) is 5.83. The van der Waals surface area contributed by atoms with E-state index in [1.807, 2.05) is 30.0 Å². The molecule has 1 amide bonds. The van der Waals surface area contributed by atoms with Gasteiger partial charge in [-0.2, -0.15) is 5.10 Å². The van der Waals surface area contributed by atoms with Crippen molar-refractivity contribution in [3.05, 3.63) is 41.3 Å². The second kappa shape index (κ2) is 8.71. The van der Waals surface area contributed by atoms with E-state index in [1.165, 1.54) is 0 Å². The number of nitrogens with one attached hydrogen (secondary N) is 1. The molecule has 2 aromatic heterocycles. The summed E-state index contributed by atoms with van der Waals surface area (Å²) in [6, 6.07) is 5.38. The Morgan fingerprint density at radius 3 is 2.55 bits per heavy atom. The van der Waals surface area contributed by atoms with Gasteiger partial charge in [0.05, 0.1) is 56.9 Å². The lowest BCUT2D eigenvalue weighted by molar-refractivity contribution is -0.131. The first-order chi connectivity index (χ1) is 15.0. The first-order valence-electron chi connectivity index (χ1n) is 10.1. The van der Waals surface area contributed by atoms with E-state index in [1.54, 1.807) is 27.5 Å². The summed E-state index contributed by atoms with van der Waals surface area (Å²) in [5.74, 6) is 2.22. The monoisotopic (exact) mass is 426 g/mol. The molecule has 9 nitrogen and oxygen atoms in total. The summed E-state index contributed by atoms with van der Waals surface area (Å²) in [5, 5.41) is 11.2. The highest BCUT2D eigenvalue weighted by Crippen LogP contribution is 2.40. The first-order valence-corrected chi connectivity index (χ1v) is 10.1. The van der Waals surface area contributed by atoms with Crippen LogP contribution in [0.15, 0.2) is 28.9 Å². The first kappa shape index (κ1) is 20.8. The number of amides is 1. The van der Waals surface area contributed by atoms with Gasteiger partial charge in [0.25, 0.3) is 0 Å². The number of rotatable bonds is 7. The van der Waals surface area contributed by atoms with E-state index in [-0.39, 0.29) is 18.4 Å². The molecule has 0 aliphatic carbocycles. The number of methoxy groups -OCH3 is 3. The molecule has 164 valence electrons. The number of benzene rings is 1. The zero-order chi connectivity index (χ0) is 22.0. The Balaban J connectivity index is 1.58. The fourth-order valence-electron chi connectivity index (χ4n) is 4.12. The summed E-state index contributed by atoms with van der Waals surface area (Å²) in [7, 11) is 4.67. The molecule has 0 spiro atoms. The number of carbonyl (C=O) groups excluding carboxylic acids is 1. The number of nitrogens with zero attached hydrogens (tertiary/aromatic N) is 3. The van der Waals surface area contributed by atoms with Gasteiger partial charge in [0.1, 0.15) is 0 Å². The van der Waals surface area contributed by atoms with Crippen LogP contribution < -0.4 is 14.2 Å². The van der Waals surface area contributed by atoms with Crippen LogP contribution in [-0.4, -0.2) is 54.0 Å². The molecule has 1 aliphatic rings. The van der Waals surface area contributed by atoms with Gasteiger partial charge in [0, 0.05) is 12.6 Å². The lowest BCUT2D eigenvalue weighted by atomic mass is 10.0. The van der Waals surface area contributed by atoms with E-state index in [0.717, 1.165) is 35.4 Å². The van der Waals surface area contributed by atoms with Crippen molar-refractivity contribution in [3.63, 3.8) is 0 Å². The number of likely N-dealkylation sites (tertiary alicyclic amines) is 1. The van der Waals surface area contributed by atoms with Gasteiger partial charge in [-0.1, -0.05) is 5.16 Å². The predicted octanol–water partition coefficient (Wildman–Crippen LogP) is 3.31.